The van der Waals surface area contributed by atoms with E-state index in [0.717, 1.165) is 27.0 Å². The van der Waals surface area contributed by atoms with E-state index in [-0.39, 0.29) is 6.10 Å². The molecule has 1 heterocycles. The van der Waals surface area contributed by atoms with Gasteiger partial charge in [-0.3, -0.25) is 0 Å². The predicted molar refractivity (Wildman–Crippen MR) is 90.3 cm³/mol. The fraction of sp³-hybridized carbons (Fsp3) is 0.333. The van der Waals surface area contributed by atoms with E-state index in [1.165, 1.54) is 0 Å². The molecule has 0 N–H and O–H groups in total. The summed E-state index contributed by atoms with van der Waals surface area (Å²) in [5, 5.41) is 0.502. The Kier molecular flexibility index (Phi) is 5.21. The van der Waals surface area contributed by atoms with Gasteiger partial charge in [0.05, 0.1) is 15.4 Å². The molecule has 0 radical (unpaired) electrons. The molecule has 1 aromatic carbocycles. The van der Waals surface area contributed by atoms with Gasteiger partial charge in [-0.05, 0) is 55.0 Å². The van der Waals surface area contributed by atoms with Crippen molar-refractivity contribution >= 4 is 34.2 Å². The summed E-state index contributed by atoms with van der Waals surface area (Å²) in [6.07, 6.45) is 0.966. The van der Waals surface area contributed by atoms with Gasteiger partial charge >= 0.3 is 0 Å². The summed E-state index contributed by atoms with van der Waals surface area (Å²) in [4.78, 5) is 8.95. The molecule has 0 amide bonds. The molecular formula is C15H16ClIN2O. The maximum absolute atomic E-state index is 6.18. The maximum Gasteiger partial charge on any atom is 0.161 e. The highest BCUT2D eigenvalue weighted by Gasteiger charge is 2.11. The van der Waals surface area contributed by atoms with E-state index in [2.05, 4.69) is 39.5 Å². The van der Waals surface area contributed by atoms with Crippen LogP contribution in [-0.4, -0.2) is 16.1 Å². The standard InChI is InChI=1S/C15H16ClIN2O/c1-4-12-13(17)14(16)19-15(18-12)10-6-5-7-11(8-10)20-9(2)3/h5-9H,4H2,1-3H3. The van der Waals surface area contributed by atoms with E-state index < -0.39 is 0 Å². The van der Waals surface area contributed by atoms with Crippen LogP contribution in [0.4, 0.5) is 0 Å². The van der Waals surface area contributed by atoms with E-state index in [1.807, 2.05) is 38.1 Å². The number of halogens is 2. The number of aromatic nitrogens is 2. The van der Waals surface area contributed by atoms with Crippen molar-refractivity contribution in [1.29, 1.82) is 0 Å². The Morgan fingerprint density at radius 1 is 1.30 bits per heavy atom. The first-order valence-corrected chi connectivity index (χ1v) is 7.96. The molecule has 0 unspecified atom stereocenters. The van der Waals surface area contributed by atoms with Crippen LogP contribution >= 0.6 is 34.2 Å². The summed E-state index contributed by atoms with van der Waals surface area (Å²) in [5.74, 6) is 1.45. The van der Waals surface area contributed by atoms with Gasteiger partial charge in [-0.15, -0.1) is 0 Å². The molecule has 1 aromatic heterocycles. The largest absolute Gasteiger partial charge is 0.491 e. The van der Waals surface area contributed by atoms with Crippen molar-refractivity contribution in [3.8, 4) is 17.1 Å². The predicted octanol–water partition coefficient (Wildman–Crippen LogP) is 4.75. The van der Waals surface area contributed by atoms with Crippen LogP contribution in [0.5, 0.6) is 5.75 Å². The summed E-state index contributed by atoms with van der Waals surface area (Å²) in [6, 6.07) is 7.77. The third-order valence-corrected chi connectivity index (χ3v) is 4.40. The summed E-state index contributed by atoms with van der Waals surface area (Å²) in [5.41, 5.74) is 1.88. The molecule has 0 atom stereocenters. The highest BCUT2D eigenvalue weighted by molar-refractivity contribution is 14.1. The van der Waals surface area contributed by atoms with E-state index in [4.69, 9.17) is 16.3 Å². The molecule has 0 saturated heterocycles. The quantitative estimate of drug-likeness (QED) is 0.547. The first-order chi connectivity index (χ1) is 9.51. The Bertz CT molecular complexity index is 617. The van der Waals surface area contributed by atoms with Crippen LogP contribution in [0.3, 0.4) is 0 Å². The van der Waals surface area contributed by atoms with Crippen molar-refractivity contribution in [2.75, 3.05) is 0 Å². The average molecular weight is 403 g/mol. The molecule has 0 aliphatic heterocycles. The number of hydrogen-bond donors (Lipinski definition) is 0. The van der Waals surface area contributed by atoms with Crippen molar-refractivity contribution in [2.45, 2.75) is 33.3 Å². The summed E-state index contributed by atoms with van der Waals surface area (Å²) >= 11 is 8.36. The molecule has 0 aliphatic carbocycles. The zero-order chi connectivity index (χ0) is 14.7. The van der Waals surface area contributed by atoms with Crippen molar-refractivity contribution in [3.05, 3.63) is 38.7 Å². The zero-order valence-corrected chi connectivity index (χ0v) is 14.6. The van der Waals surface area contributed by atoms with Gasteiger partial charge < -0.3 is 4.74 Å². The molecule has 0 aliphatic rings. The third kappa shape index (κ3) is 3.61. The van der Waals surface area contributed by atoms with Crippen LogP contribution < -0.4 is 4.74 Å². The lowest BCUT2D eigenvalue weighted by Crippen LogP contribution is -2.05. The van der Waals surface area contributed by atoms with Gasteiger partial charge in [0, 0.05) is 5.56 Å². The van der Waals surface area contributed by atoms with Crippen LogP contribution in [0.2, 0.25) is 5.15 Å². The zero-order valence-electron chi connectivity index (χ0n) is 11.7. The maximum atomic E-state index is 6.18. The fourth-order valence-corrected chi connectivity index (χ4v) is 2.62. The second-order valence-electron chi connectivity index (χ2n) is 4.65. The summed E-state index contributed by atoms with van der Waals surface area (Å²) < 4.78 is 6.62. The number of rotatable bonds is 4. The van der Waals surface area contributed by atoms with E-state index >= 15 is 0 Å². The van der Waals surface area contributed by atoms with Crippen molar-refractivity contribution in [2.24, 2.45) is 0 Å². The molecule has 2 rings (SSSR count). The van der Waals surface area contributed by atoms with E-state index in [1.54, 1.807) is 0 Å². The van der Waals surface area contributed by atoms with Crippen LogP contribution in [0.25, 0.3) is 11.4 Å². The van der Waals surface area contributed by atoms with Crippen LogP contribution in [-0.2, 0) is 6.42 Å². The number of hydrogen-bond acceptors (Lipinski definition) is 3. The topological polar surface area (TPSA) is 35.0 Å². The number of aryl methyl sites for hydroxylation is 1. The van der Waals surface area contributed by atoms with Crippen molar-refractivity contribution in [3.63, 3.8) is 0 Å². The average Bonchev–Trinajstić information content (AvgIpc) is 2.41. The minimum Gasteiger partial charge on any atom is -0.491 e. The van der Waals surface area contributed by atoms with Gasteiger partial charge in [-0.25, -0.2) is 9.97 Å². The van der Waals surface area contributed by atoms with Gasteiger partial charge in [0.2, 0.25) is 0 Å². The molecular weight excluding hydrogens is 387 g/mol. The number of benzene rings is 1. The lowest BCUT2D eigenvalue weighted by atomic mass is 10.2. The summed E-state index contributed by atoms with van der Waals surface area (Å²) in [7, 11) is 0. The highest BCUT2D eigenvalue weighted by atomic mass is 127. The molecule has 0 bridgehead atoms. The minimum atomic E-state index is 0.137. The smallest absolute Gasteiger partial charge is 0.161 e. The van der Waals surface area contributed by atoms with E-state index in [0.29, 0.717) is 11.0 Å². The van der Waals surface area contributed by atoms with Crippen LogP contribution in [0.15, 0.2) is 24.3 Å². The van der Waals surface area contributed by atoms with Crippen molar-refractivity contribution < 1.29 is 4.74 Å². The lowest BCUT2D eigenvalue weighted by Gasteiger charge is -2.11. The Labute approximate surface area is 137 Å². The number of nitrogens with zero attached hydrogens (tertiary/aromatic N) is 2. The monoisotopic (exact) mass is 402 g/mol. The van der Waals surface area contributed by atoms with Gasteiger partial charge in [0.25, 0.3) is 0 Å². The first-order valence-electron chi connectivity index (χ1n) is 6.50. The normalized spacial score (nSPS) is 10.9. The second kappa shape index (κ2) is 6.72. The summed E-state index contributed by atoms with van der Waals surface area (Å²) in [6.45, 7) is 6.06. The van der Waals surface area contributed by atoms with Crippen LogP contribution in [0, 0.1) is 3.57 Å². The minimum absolute atomic E-state index is 0.137. The molecule has 0 spiro atoms. The Hall–Kier alpha value is -0.880. The Balaban J connectivity index is 2.43. The molecule has 0 fully saturated rings. The SMILES string of the molecule is CCc1nc(-c2cccc(OC(C)C)c2)nc(Cl)c1I. The third-order valence-electron chi connectivity index (χ3n) is 2.68. The fourth-order valence-electron chi connectivity index (χ4n) is 1.81. The number of ether oxygens (including phenoxy) is 1. The molecule has 20 heavy (non-hydrogen) atoms. The van der Waals surface area contributed by atoms with E-state index in [9.17, 15) is 0 Å². The van der Waals surface area contributed by atoms with Gasteiger partial charge in [0.1, 0.15) is 10.9 Å². The van der Waals surface area contributed by atoms with Gasteiger partial charge in [-0.2, -0.15) is 0 Å². The molecule has 5 heteroatoms. The molecule has 106 valence electrons. The second-order valence-corrected chi connectivity index (χ2v) is 6.08. The molecule has 3 nitrogen and oxygen atoms in total. The van der Waals surface area contributed by atoms with Gasteiger partial charge in [-0.1, -0.05) is 30.7 Å². The van der Waals surface area contributed by atoms with Crippen molar-refractivity contribution in [1.82, 2.24) is 9.97 Å². The molecule has 2 aromatic rings. The lowest BCUT2D eigenvalue weighted by molar-refractivity contribution is 0.242. The highest BCUT2D eigenvalue weighted by Crippen LogP contribution is 2.26. The first kappa shape index (κ1) is 15.5. The van der Waals surface area contributed by atoms with Crippen LogP contribution in [0.1, 0.15) is 26.5 Å². The van der Waals surface area contributed by atoms with Gasteiger partial charge in [0.15, 0.2) is 5.82 Å². The molecule has 0 saturated carbocycles. The Morgan fingerprint density at radius 2 is 2.05 bits per heavy atom. The Morgan fingerprint density at radius 3 is 2.70 bits per heavy atom.